The summed E-state index contributed by atoms with van der Waals surface area (Å²) in [5, 5.41) is 15.5. The Morgan fingerprint density at radius 1 is 1.14 bits per heavy atom. The van der Waals surface area contributed by atoms with Crippen LogP contribution in [0.25, 0.3) is 6.08 Å². The van der Waals surface area contributed by atoms with Crippen molar-refractivity contribution in [1.82, 2.24) is 15.5 Å². The third-order valence-electron chi connectivity index (χ3n) is 5.90. The van der Waals surface area contributed by atoms with Crippen LogP contribution in [0.3, 0.4) is 0 Å². The second-order valence-corrected chi connectivity index (χ2v) is 11.3. The summed E-state index contributed by atoms with van der Waals surface area (Å²) < 4.78 is 1.87. The zero-order valence-electron chi connectivity index (χ0n) is 20.4. The van der Waals surface area contributed by atoms with E-state index in [4.69, 9.17) is 0 Å². The number of allylic oxidation sites excluding steroid dienone is 3. The number of nitrogens with zero attached hydrogens (tertiary/aromatic N) is 2. The summed E-state index contributed by atoms with van der Waals surface area (Å²) in [7, 11) is 3.40. The molecule has 1 aliphatic heterocycles. The summed E-state index contributed by atoms with van der Waals surface area (Å²) >= 11 is 0. The molecule has 1 aromatic heterocycles. The Bertz CT molecular complexity index is 918. The largest absolute Gasteiger partial charge is 0.392 e. The van der Waals surface area contributed by atoms with E-state index in [9.17, 15) is 14.7 Å². The summed E-state index contributed by atoms with van der Waals surface area (Å²) in [6.45, 7) is 5.19. The molecular weight excluding hydrogens is 480 g/mol. The number of carbonyl (C=O) groups excluding carboxylic acids is 2. The van der Waals surface area contributed by atoms with Crippen molar-refractivity contribution < 1.29 is 19.3 Å². The van der Waals surface area contributed by atoms with Crippen molar-refractivity contribution in [3.05, 3.63) is 60.0 Å². The van der Waals surface area contributed by atoms with E-state index in [1.807, 2.05) is 36.0 Å². The quantitative estimate of drug-likeness (QED) is 0.212. The first-order chi connectivity index (χ1) is 17.0. The van der Waals surface area contributed by atoms with Crippen molar-refractivity contribution in [1.29, 1.82) is 0 Å². The minimum absolute atomic E-state index is 0.00308. The second kappa shape index (κ2) is 15.1. The molecule has 2 atom stereocenters. The molecule has 9 heteroatoms. The smallest absolute Gasteiger partial charge is 0.286 e. The molecule has 1 aromatic rings. The maximum absolute atomic E-state index is 12.2. The molecule has 2 unspecified atom stereocenters. The SMILES string of the molecule is CCC(=O)NCCSSCCNC(=O)C[n+]1ccc(/C=C/C2=CCC(N3CCC(O)C3)C=C2)cc1. The highest BCUT2D eigenvalue weighted by molar-refractivity contribution is 8.76. The molecule has 7 nitrogen and oxygen atoms in total. The molecule has 3 rings (SSSR count). The molecule has 0 radical (unpaired) electrons. The number of β-amino-alcohol motifs (C(OH)–C–C–N with tert-alkyl or cyclic N) is 1. The minimum atomic E-state index is -0.179. The summed E-state index contributed by atoms with van der Waals surface area (Å²) in [4.78, 5) is 25.7. The molecule has 0 aromatic carbocycles. The van der Waals surface area contributed by atoms with Crippen LogP contribution in [0.4, 0.5) is 0 Å². The fraction of sp³-hybridized carbons (Fsp3) is 0.500. The van der Waals surface area contributed by atoms with Gasteiger partial charge in [-0.1, -0.05) is 58.9 Å². The fourth-order valence-electron chi connectivity index (χ4n) is 3.90. The number of aliphatic hydroxyl groups excluding tert-OH is 1. The first-order valence-electron chi connectivity index (χ1n) is 12.3. The van der Waals surface area contributed by atoms with Gasteiger partial charge in [0.05, 0.1) is 6.10 Å². The Morgan fingerprint density at radius 2 is 1.86 bits per heavy atom. The van der Waals surface area contributed by atoms with Crippen LogP contribution in [0.1, 0.15) is 31.7 Å². The van der Waals surface area contributed by atoms with Gasteiger partial charge in [-0.25, -0.2) is 0 Å². The number of rotatable bonds is 13. The van der Waals surface area contributed by atoms with Gasteiger partial charge in [0.25, 0.3) is 5.91 Å². The van der Waals surface area contributed by atoms with E-state index >= 15 is 0 Å². The Hall–Kier alpha value is -2.07. The number of amides is 2. The van der Waals surface area contributed by atoms with E-state index in [2.05, 4.69) is 45.9 Å². The third-order valence-corrected chi connectivity index (χ3v) is 8.31. The van der Waals surface area contributed by atoms with Gasteiger partial charge < -0.3 is 15.7 Å². The molecule has 1 saturated heterocycles. The van der Waals surface area contributed by atoms with Crippen molar-refractivity contribution in [2.24, 2.45) is 0 Å². The van der Waals surface area contributed by atoms with Gasteiger partial charge in [-0.15, -0.1) is 0 Å². The molecule has 190 valence electrons. The Balaban J connectivity index is 1.29. The van der Waals surface area contributed by atoms with Crippen LogP contribution < -0.4 is 15.2 Å². The number of aromatic nitrogens is 1. The standard InChI is InChI=1S/C26H36N4O3S2/c1-2-25(32)27-12-17-34-35-18-13-28-26(33)20-29-14-9-22(10-15-29)4-3-21-5-7-23(8-6-21)30-16-11-24(31)19-30/h3-7,9-10,14-15,23-24,31H,2,8,11-13,16-20H2,1H3,(H-,27,28,32,33)/p+1/b4-3+. The van der Waals surface area contributed by atoms with Crippen LogP contribution in [0.2, 0.25) is 0 Å². The van der Waals surface area contributed by atoms with Crippen LogP contribution in [-0.4, -0.2) is 71.7 Å². The summed E-state index contributed by atoms with van der Waals surface area (Å²) in [6.07, 6.45) is 16.9. The van der Waals surface area contributed by atoms with E-state index in [1.54, 1.807) is 21.6 Å². The van der Waals surface area contributed by atoms with Crippen LogP contribution in [0, 0.1) is 0 Å². The van der Waals surface area contributed by atoms with E-state index in [1.165, 1.54) is 5.57 Å². The maximum Gasteiger partial charge on any atom is 0.286 e. The van der Waals surface area contributed by atoms with E-state index in [-0.39, 0.29) is 17.9 Å². The lowest BCUT2D eigenvalue weighted by atomic mass is 10.0. The first kappa shape index (κ1) is 27.5. The highest BCUT2D eigenvalue weighted by Crippen LogP contribution is 2.21. The average molecular weight is 518 g/mol. The van der Waals surface area contributed by atoms with Gasteiger partial charge in [-0.3, -0.25) is 14.5 Å². The number of hydrogen-bond donors (Lipinski definition) is 3. The van der Waals surface area contributed by atoms with Gasteiger partial charge in [0.15, 0.2) is 12.4 Å². The molecule has 0 spiro atoms. The highest BCUT2D eigenvalue weighted by atomic mass is 33.1. The van der Waals surface area contributed by atoms with Gasteiger partial charge in [-0.05, 0) is 24.0 Å². The topological polar surface area (TPSA) is 85.6 Å². The van der Waals surface area contributed by atoms with E-state index < -0.39 is 0 Å². The van der Waals surface area contributed by atoms with Crippen molar-refractivity contribution >= 4 is 39.5 Å². The van der Waals surface area contributed by atoms with E-state index in [0.717, 1.165) is 43.0 Å². The molecule has 1 aliphatic carbocycles. The molecule has 2 aliphatic rings. The molecule has 1 fully saturated rings. The normalized spacial score (nSPS) is 20.2. The summed E-state index contributed by atoms with van der Waals surface area (Å²) in [5.74, 6) is 1.77. The number of hydrogen-bond acceptors (Lipinski definition) is 6. The number of aliphatic hydroxyl groups is 1. The van der Waals surface area contributed by atoms with Crippen molar-refractivity contribution in [2.45, 2.75) is 44.9 Å². The van der Waals surface area contributed by atoms with Crippen molar-refractivity contribution in [2.75, 3.05) is 37.7 Å². The lowest BCUT2D eigenvalue weighted by Gasteiger charge is -2.25. The molecule has 0 bridgehead atoms. The van der Waals surface area contributed by atoms with Crippen LogP contribution >= 0.6 is 21.6 Å². The molecule has 2 heterocycles. The van der Waals surface area contributed by atoms with Crippen LogP contribution in [0.15, 0.2) is 54.4 Å². The Kier molecular flexibility index (Phi) is 11.9. The average Bonchev–Trinajstić information content (AvgIpc) is 3.31. The summed E-state index contributed by atoms with van der Waals surface area (Å²) in [5.41, 5.74) is 2.28. The molecule has 35 heavy (non-hydrogen) atoms. The molecule has 3 N–H and O–H groups in total. The fourth-order valence-corrected chi connectivity index (χ4v) is 5.71. The number of nitrogens with one attached hydrogen (secondary N) is 2. The molecule has 0 saturated carbocycles. The molecule has 2 amide bonds. The zero-order valence-corrected chi connectivity index (χ0v) is 22.0. The Morgan fingerprint density at radius 3 is 2.46 bits per heavy atom. The second-order valence-electron chi connectivity index (χ2n) is 8.64. The number of likely N-dealkylation sites (tertiary alicyclic amines) is 1. The van der Waals surface area contributed by atoms with Gasteiger partial charge >= 0.3 is 0 Å². The summed E-state index contributed by atoms with van der Waals surface area (Å²) in [6, 6.07) is 4.41. The number of carbonyl (C=O) groups is 2. The van der Waals surface area contributed by atoms with Gasteiger partial charge in [0.1, 0.15) is 0 Å². The predicted molar refractivity (Wildman–Crippen MR) is 145 cm³/mol. The van der Waals surface area contributed by atoms with Crippen LogP contribution in [-0.2, 0) is 16.1 Å². The van der Waals surface area contributed by atoms with Gasteiger partial charge in [0.2, 0.25) is 12.5 Å². The third kappa shape index (κ3) is 10.2. The Labute approximate surface area is 216 Å². The first-order valence-corrected chi connectivity index (χ1v) is 14.8. The minimum Gasteiger partial charge on any atom is -0.392 e. The lowest BCUT2D eigenvalue weighted by Crippen LogP contribution is -2.42. The maximum atomic E-state index is 12.2. The van der Waals surface area contributed by atoms with Gasteiger partial charge in [-0.2, -0.15) is 4.57 Å². The monoisotopic (exact) mass is 517 g/mol. The lowest BCUT2D eigenvalue weighted by molar-refractivity contribution is -0.684. The van der Waals surface area contributed by atoms with Gasteiger partial charge in [0, 0.05) is 62.3 Å². The predicted octanol–water partition coefficient (Wildman–Crippen LogP) is 2.33. The van der Waals surface area contributed by atoms with Crippen molar-refractivity contribution in [3.8, 4) is 0 Å². The zero-order chi connectivity index (χ0) is 24.9. The molecular formula is C26H37N4O3S2+. The highest BCUT2D eigenvalue weighted by Gasteiger charge is 2.25. The van der Waals surface area contributed by atoms with Crippen LogP contribution in [0.5, 0.6) is 0 Å². The van der Waals surface area contributed by atoms with E-state index in [0.29, 0.717) is 32.1 Å². The number of pyridine rings is 1. The van der Waals surface area contributed by atoms with Crippen molar-refractivity contribution in [3.63, 3.8) is 0 Å².